The van der Waals surface area contributed by atoms with E-state index in [1.165, 1.54) is 7.11 Å². The van der Waals surface area contributed by atoms with E-state index in [4.69, 9.17) is 9.47 Å². The van der Waals surface area contributed by atoms with Crippen molar-refractivity contribution in [2.75, 3.05) is 7.11 Å². The summed E-state index contributed by atoms with van der Waals surface area (Å²) in [6.45, 7) is 6.12. The monoisotopic (exact) mass is 184 g/mol. The number of carbonyl (C=O) groups is 1. The second-order valence-corrected chi connectivity index (χ2v) is 4.84. The molecule has 0 N–H and O–H groups in total. The SMILES string of the molecule is COC(=O)C1(C)OC12CCC2(C)C. The van der Waals surface area contributed by atoms with Crippen LogP contribution >= 0.6 is 0 Å². The van der Waals surface area contributed by atoms with Crippen molar-refractivity contribution in [3.05, 3.63) is 0 Å². The van der Waals surface area contributed by atoms with Gasteiger partial charge in [0.05, 0.1) is 7.11 Å². The van der Waals surface area contributed by atoms with Gasteiger partial charge in [0, 0.05) is 0 Å². The van der Waals surface area contributed by atoms with Gasteiger partial charge < -0.3 is 9.47 Å². The molecular formula is C10H16O3. The number of carbonyl (C=O) groups excluding carboxylic acids is 1. The van der Waals surface area contributed by atoms with Crippen molar-refractivity contribution in [1.82, 2.24) is 0 Å². The van der Waals surface area contributed by atoms with Crippen molar-refractivity contribution in [2.45, 2.75) is 44.8 Å². The molecule has 2 aliphatic rings. The van der Waals surface area contributed by atoms with E-state index in [9.17, 15) is 4.79 Å². The Kier molecular flexibility index (Phi) is 1.44. The van der Waals surface area contributed by atoms with Crippen LogP contribution in [-0.4, -0.2) is 24.3 Å². The molecule has 1 aliphatic carbocycles. The summed E-state index contributed by atoms with van der Waals surface area (Å²) < 4.78 is 10.4. The first-order valence-electron chi connectivity index (χ1n) is 4.68. The molecule has 1 saturated heterocycles. The number of methoxy groups -OCH3 is 1. The average molecular weight is 184 g/mol. The fraction of sp³-hybridized carbons (Fsp3) is 0.900. The second-order valence-electron chi connectivity index (χ2n) is 4.84. The van der Waals surface area contributed by atoms with E-state index in [-0.39, 0.29) is 17.0 Å². The van der Waals surface area contributed by atoms with E-state index in [2.05, 4.69) is 13.8 Å². The Bertz CT molecular complexity index is 271. The first-order valence-corrected chi connectivity index (χ1v) is 4.68. The lowest BCUT2D eigenvalue weighted by Crippen LogP contribution is -2.50. The molecule has 0 radical (unpaired) electrons. The molecule has 0 bridgehead atoms. The van der Waals surface area contributed by atoms with Crippen molar-refractivity contribution >= 4 is 5.97 Å². The summed E-state index contributed by atoms with van der Waals surface area (Å²) in [5.41, 5.74) is -0.785. The minimum atomic E-state index is -0.677. The first-order chi connectivity index (χ1) is 5.90. The summed E-state index contributed by atoms with van der Waals surface area (Å²) in [7, 11) is 1.41. The van der Waals surface area contributed by atoms with Gasteiger partial charge in [0.2, 0.25) is 0 Å². The number of hydrogen-bond acceptors (Lipinski definition) is 3. The molecule has 2 atom stereocenters. The maximum atomic E-state index is 11.4. The van der Waals surface area contributed by atoms with Crippen LogP contribution in [0.5, 0.6) is 0 Å². The summed E-state index contributed by atoms with van der Waals surface area (Å²) >= 11 is 0. The Labute approximate surface area is 78.4 Å². The Morgan fingerprint density at radius 2 is 1.92 bits per heavy atom. The molecule has 3 nitrogen and oxygen atoms in total. The minimum Gasteiger partial charge on any atom is -0.467 e. The second kappa shape index (κ2) is 2.08. The van der Waals surface area contributed by atoms with Gasteiger partial charge in [-0.05, 0) is 25.2 Å². The molecular weight excluding hydrogens is 168 g/mol. The van der Waals surface area contributed by atoms with Crippen LogP contribution in [0.3, 0.4) is 0 Å². The maximum Gasteiger partial charge on any atom is 0.340 e. The van der Waals surface area contributed by atoms with E-state index >= 15 is 0 Å². The highest BCUT2D eigenvalue weighted by molar-refractivity contribution is 5.85. The fourth-order valence-electron chi connectivity index (χ4n) is 2.65. The van der Waals surface area contributed by atoms with Crippen molar-refractivity contribution in [3.8, 4) is 0 Å². The summed E-state index contributed by atoms with van der Waals surface area (Å²) in [5.74, 6) is -0.236. The molecule has 2 rings (SSSR count). The Morgan fingerprint density at radius 3 is 2.15 bits per heavy atom. The molecule has 0 aromatic rings. The molecule has 13 heavy (non-hydrogen) atoms. The van der Waals surface area contributed by atoms with Crippen LogP contribution in [0.15, 0.2) is 0 Å². The highest BCUT2D eigenvalue weighted by Gasteiger charge is 2.81. The molecule has 0 aromatic heterocycles. The van der Waals surface area contributed by atoms with E-state index < -0.39 is 5.60 Å². The number of hydrogen-bond donors (Lipinski definition) is 0. The number of esters is 1. The number of epoxide rings is 1. The molecule has 74 valence electrons. The predicted octanol–water partition coefficient (Wildman–Crippen LogP) is 1.51. The van der Waals surface area contributed by atoms with Gasteiger partial charge in [-0.2, -0.15) is 0 Å². The van der Waals surface area contributed by atoms with Crippen LogP contribution in [0.25, 0.3) is 0 Å². The Balaban J connectivity index is 2.21. The molecule has 1 aliphatic heterocycles. The standard InChI is InChI=1S/C10H16O3/c1-8(2)5-6-10(8)9(3,13-10)7(11)12-4/h5-6H2,1-4H3. The normalized spacial score (nSPS) is 45.5. The van der Waals surface area contributed by atoms with Gasteiger partial charge in [-0.25, -0.2) is 4.79 Å². The van der Waals surface area contributed by atoms with Gasteiger partial charge in [0.25, 0.3) is 0 Å². The topological polar surface area (TPSA) is 38.8 Å². The van der Waals surface area contributed by atoms with Gasteiger partial charge in [0.15, 0.2) is 5.60 Å². The zero-order valence-electron chi connectivity index (χ0n) is 8.64. The van der Waals surface area contributed by atoms with Gasteiger partial charge in [-0.1, -0.05) is 13.8 Å². The van der Waals surface area contributed by atoms with Crippen LogP contribution in [-0.2, 0) is 14.3 Å². The summed E-state index contributed by atoms with van der Waals surface area (Å²) in [6.07, 6.45) is 2.10. The molecule has 3 heteroatoms. The van der Waals surface area contributed by atoms with Crippen molar-refractivity contribution in [2.24, 2.45) is 5.41 Å². The van der Waals surface area contributed by atoms with Crippen LogP contribution in [0, 0.1) is 5.41 Å². The van der Waals surface area contributed by atoms with Crippen LogP contribution in [0.4, 0.5) is 0 Å². The predicted molar refractivity (Wildman–Crippen MR) is 47.3 cm³/mol. The third-order valence-electron chi connectivity index (χ3n) is 3.88. The third-order valence-corrected chi connectivity index (χ3v) is 3.88. The molecule has 1 saturated carbocycles. The lowest BCUT2D eigenvalue weighted by atomic mass is 9.57. The van der Waals surface area contributed by atoms with E-state index in [0.717, 1.165) is 12.8 Å². The molecule has 2 fully saturated rings. The molecule has 1 heterocycles. The first kappa shape index (κ1) is 9.00. The lowest BCUT2D eigenvalue weighted by molar-refractivity contribution is -0.146. The highest BCUT2D eigenvalue weighted by Crippen LogP contribution is 2.69. The lowest BCUT2D eigenvalue weighted by Gasteiger charge is -2.43. The largest absolute Gasteiger partial charge is 0.467 e. The van der Waals surface area contributed by atoms with E-state index in [1.807, 2.05) is 6.92 Å². The van der Waals surface area contributed by atoms with E-state index in [1.54, 1.807) is 0 Å². The van der Waals surface area contributed by atoms with Crippen molar-refractivity contribution < 1.29 is 14.3 Å². The van der Waals surface area contributed by atoms with E-state index in [0.29, 0.717) is 0 Å². The average Bonchev–Trinajstić information content (AvgIpc) is 2.74. The Hall–Kier alpha value is -0.570. The summed E-state index contributed by atoms with van der Waals surface area (Å²) in [5, 5.41) is 0. The minimum absolute atomic E-state index is 0.121. The third kappa shape index (κ3) is 0.766. The Morgan fingerprint density at radius 1 is 1.31 bits per heavy atom. The maximum absolute atomic E-state index is 11.4. The smallest absolute Gasteiger partial charge is 0.340 e. The van der Waals surface area contributed by atoms with Gasteiger partial charge >= 0.3 is 5.97 Å². The van der Waals surface area contributed by atoms with Crippen molar-refractivity contribution in [3.63, 3.8) is 0 Å². The quantitative estimate of drug-likeness (QED) is 0.458. The van der Waals surface area contributed by atoms with Gasteiger partial charge in [-0.15, -0.1) is 0 Å². The van der Waals surface area contributed by atoms with Crippen LogP contribution in [0.1, 0.15) is 33.6 Å². The van der Waals surface area contributed by atoms with Crippen LogP contribution in [0.2, 0.25) is 0 Å². The van der Waals surface area contributed by atoms with Crippen molar-refractivity contribution in [1.29, 1.82) is 0 Å². The van der Waals surface area contributed by atoms with Gasteiger partial charge in [-0.3, -0.25) is 0 Å². The molecule has 2 unspecified atom stereocenters. The van der Waals surface area contributed by atoms with Crippen LogP contribution < -0.4 is 0 Å². The summed E-state index contributed by atoms with van der Waals surface area (Å²) in [4.78, 5) is 11.4. The highest BCUT2D eigenvalue weighted by atomic mass is 16.7. The van der Waals surface area contributed by atoms with Gasteiger partial charge in [0.1, 0.15) is 5.60 Å². The zero-order chi connectivity index (χ0) is 9.91. The zero-order valence-corrected chi connectivity index (χ0v) is 8.64. The fourth-order valence-corrected chi connectivity index (χ4v) is 2.65. The molecule has 1 spiro atoms. The molecule has 0 aromatic carbocycles. The number of rotatable bonds is 1. The molecule has 0 amide bonds. The number of ether oxygens (including phenoxy) is 2. The summed E-state index contributed by atoms with van der Waals surface area (Å²) in [6, 6.07) is 0.